The van der Waals surface area contributed by atoms with Gasteiger partial charge in [0.25, 0.3) is 0 Å². The molecule has 0 saturated heterocycles. The predicted molar refractivity (Wildman–Crippen MR) is 82.8 cm³/mol. The summed E-state index contributed by atoms with van der Waals surface area (Å²) in [5.41, 5.74) is 1.46. The first-order valence-electron chi connectivity index (χ1n) is 6.74. The first-order valence-corrected chi connectivity index (χ1v) is 8.23. The molecular formula is C15H18N2O4S. The van der Waals surface area contributed by atoms with Gasteiger partial charge >= 0.3 is 0 Å². The molecule has 0 aliphatic rings. The fraction of sp³-hybridized carbons (Fsp3) is 0.333. The minimum atomic E-state index is -1.32. The maximum Gasteiger partial charge on any atom is 0.232 e. The maximum absolute atomic E-state index is 11.9. The van der Waals surface area contributed by atoms with Crippen LogP contribution in [0.15, 0.2) is 34.9 Å². The van der Waals surface area contributed by atoms with Gasteiger partial charge in [0.2, 0.25) is 5.91 Å². The van der Waals surface area contributed by atoms with Gasteiger partial charge in [-0.15, -0.1) is 0 Å². The van der Waals surface area contributed by atoms with Gasteiger partial charge in [0, 0.05) is 29.0 Å². The zero-order chi connectivity index (χ0) is 15.9. The smallest absolute Gasteiger partial charge is 0.232 e. The number of carbonyl (C=O) groups is 1. The third kappa shape index (κ3) is 4.70. The molecule has 7 heteroatoms. The van der Waals surface area contributed by atoms with E-state index in [1.54, 1.807) is 20.1 Å². The zero-order valence-corrected chi connectivity index (χ0v) is 13.3. The summed E-state index contributed by atoms with van der Waals surface area (Å²) in [5, 5.41) is 6.50. The molecule has 1 aromatic heterocycles. The van der Waals surface area contributed by atoms with Gasteiger partial charge in [-0.2, -0.15) is 0 Å². The number of hydrogen-bond acceptors (Lipinski definition) is 5. The van der Waals surface area contributed by atoms with E-state index >= 15 is 0 Å². The Bertz CT molecular complexity index is 669. The van der Waals surface area contributed by atoms with Crippen molar-refractivity contribution in [3.8, 4) is 5.75 Å². The van der Waals surface area contributed by atoms with Crippen LogP contribution in [0.3, 0.4) is 0 Å². The summed E-state index contributed by atoms with van der Waals surface area (Å²) in [7, 11) is 0.260. The molecule has 1 unspecified atom stereocenters. The molecule has 0 bridgehead atoms. The fourth-order valence-electron chi connectivity index (χ4n) is 1.94. The van der Waals surface area contributed by atoms with Crippen molar-refractivity contribution in [2.75, 3.05) is 12.9 Å². The van der Waals surface area contributed by atoms with E-state index in [0.29, 0.717) is 23.7 Å². The second-order valence-corrected chi connectivity index (χ2v) is 6.20. The van der Waals surface area contributed by atoms with E-state index in [2.05, 4.69) is 10.5 Å². The van der Waals surface area contributed by atoms with Gasteiger partial charge in [-0.25, -0.2) is 0 Å². The standard InChI is InChI=1S/C15H18N2O4S/c1-11-7-13(17-21-11)9-22(19)10-15(18)16-8-12-5-3-4-6-14(12)20-2/h3-7H,8-10H2,1-2H3,(H,16,18). The number of amides is 1. The van der Waals surface area contributed by atoms with E-state index in [1.165, 1.54) is 0 Å². The summed E-state index contributed by atoms with van der Waals surface area (Å²) in [5.74, 6) is 1.24. The van der Waals surface area contributed by atoms with Crippen LogP contribution < -0.4 is 10.1 Å². The fourth-order valence-corrected chi connectivity index (χ4v) is 2.90. The Morgan fingerprint density at radius 3 is 2.86 bits per heavy atom. The molecule has 1 aromatic carbocycles. The van der Waals surface area contributed by atoms with Crippen LogP contribution in [0, 0.1) is 6.92 Å². The van der Waals surface area contributed by atoms with Crippen molar-refractivity contribution >= 4 is 16.7 Å². The Hall–Kier alpha value is -2.15. The molecule has 2 aromatic rings. The number of para-hydroxylation sites is 1. The van der Waals surface area contributed by atoms with Gasteiger partial charge in [0.15, 0.2) is 0 Å². The molecule has 1 amide bonds. The van der Waals surface area contributed by atoms with Gasteiger partial charge in [-0.1, -0.05) is 23.4 Å². The van der Waals surface area contributed by atoms with Crippen LogP contribution in [0.4, 0.5) is 0 Å². The van der Waals surface area contributed by atoms with Crippen LogP contribution >= 0.6 is 0 Å². The van der Waals surface area contributed by atoms with Crippen molar-refractivity contribution in [2.24, 2.45) is 0 Å². The molecule has 2 rings (SSSR count). The lowest BCUT2D eigenvalue weighted by molar-refractivity contribution is -0.118. The summed E-state index contributed by atoms with van der Waals surface area (Å²) >= 11 is 0. The van der Waals surface area contributed by atoms with Crippen LogP contribution in [0.5, 0.6) is 5.75 Å². The van der Waals surface area contributed by atoms with Gasteiger partial charge in [0.05, 0.1) is 18.6 Å². The highest BCUT2D eigenvalue weighted by Gasteiger charge is 2.11. The second-order valence-electron chi connectivity index (χ2n) is 4.75. The molecular weight excluding hydrogens is 304 g/mol. The Morgan fingerprint density at radius 2 is 2.18 bits per heavy atom. The lowest BCUT2D eigenvalue weighted by Crippen LogP contribution is -2.28. The third-order valence-electron chi connectivity index (χ3n) is 2.95. The van der Waals surface area contributed by atoms with Crippen LogP contribution in [0.25, 0.3) is 0 Å². The molecule has 22 heavy (non-hydrogen) atoms. The topological polar surface area (TPSA) is 81.4 Å². The highest BCUT2D eigenvalue weighted by atomic mass is 32.2. The summed E-state index contributed by atoms with van der Waals surface area (Å²) in [4.78, 5) is 11.8. The lowest BCUT2D eigenvalue weighted by atomic mass is 10.2. The molecule has 1 heterocycles. The Kier molecular flexibility index (Phi) is 5.71. The first-order chi connectivity index (χ1) is 10.6. The van der Waals surface area contributed by atoms with Crippen molar-refractivity contribution in [3.63, 3.8) is 0 Å². The first kappa shape index (κ1) is 16.2. The highest BCUT2D eigenvalue weighted by Crippen LogP contribution is 2.16. The number of ether oxygens (including phenoxy) is 1. The lowest BCUT2D eigenvalue weighted by Gasteiger charge is -2.09. The molecule has 0 aliphatic heterocycles. The average Bonchev–Trinajstić information content (AvgIpc) is 2.90. The Morgan fingerprint density at radius 1 is 1.41 bits per heavy atom. The summed E-state index contributed by atoms with van der Waals surface area (Å²) in [6.45, 7) is 2.10. The van der Waals surface area contributed by atoms with Crippen LogP contribution in [0.2, 0.25) is 0 Å². The number of aryl methyl sites for hydroxylation is 1. The molecule has 0 aliphatic carbocycles. The number of methoxy groups -OCH3 is 1. The van der Waals surface area contributed by atoms with Gasteiger partial charge in [-0.3, -0.25) is 9.00 Å². The number of aromatic nitrogens is 1. The second kappa shape index (κ2) is 7.74. The zero-order valence-electron chi connectivity index (χ0n) is 12.5. The molecule has 118 valence electrons. The SMILES string of the molecule is COc1ccccc1CNC(=O)CS(=O)Cc1cc(C)on1. The molecule has 0 fully saturated rings. The number of nitrogens with zero attached hydrogens (tertiary/aromatic N) is 1. The average molecular weight is 322 g/mol. The number of carbonyl (C=O) groups excluding carboxylic acids is 1. The van der Waals surface area contributed by atoms with E-state index in [9.17, 15) is 9.00 Å². The normalized spacial score (nSPS) is 11.9. The van der Waals surface area contributed by atoms with E-state index in [-0.39, 0.29) is 17.4 Å². The quantitative estimate of drug-likeness (QED) is 0.836. The Balaban J connectivity index is 1.81. The molecule has 0 spiro atoms. The van der Waals surface area contributed by atoms with E-state index in [1.807, 2.05) is 24.3 Å². The molecule has 0 radical (unpaired) electrons. The van der Waals surface area contributed by atoms with Crippen LogP contribution in [-0.2, 0) is 27.9 Å². The number of rotatable bonds is 7. The predicted octanol–water partition coefficient (Wildman–Crippen LogP) is 1.56. The largest absolute Gasteiger partial charge is 0.496 e. The highest BCUT2D eigenvalue weighted by molar-refractivity contribution is 7.84. The van der Waals surface area contributed by atoms with Crippen LogP contribution in [0.1, 0.15) is 17.0 Å². The Labute approximate surface area is 131 Å². The van der Waals surface area contributed by atoms with E-state index in [0.717, 1.165) is 5.56 Å². The van der Waals surface area contributed by atoms with Crippen molar-refractivity contribution < 1.29 is 18.3 Å². The molecule has 6 nitrogen and oxygen atoms in total. The molecule has 1 N–H and O–H groups in total. The minimum Gasteiger partial charge on any atom is -0.496 e. The van der Waals surface area contributed by atoms with Crippen molar-refractivity contribution in [1.82, 2.24) is 10.5 Å². The van der Waals surface area contributed by atoms with E-state index in [4.69, 9.17) is 9.26 Å². The van der Waals surface area contributed by atoms with Crippen molar-refractivity contribution in [2.45, 2.75) is 19.2 Å². The van der Waals surface area contributed by atoms with Gasteiger partial charge in [0.1, 0.15) is 17.3 Å². The van der Waals surface area contributed by atoms with E-state index < -0.39 is 10.8 Å². The molecule has 1 atom stereocenters. The minimum absolute atomic E-state index is 0.0684. The van der Waals surface area contributed by atoms with Gasteiger partial charge < -0.3 is 14.6 Å². The third-order valence-corrected chi connectivity index (χ3v) is 4.15. The number of nitrogens with one attached hydrogen (secondary N) is 1. The van der Waals surface area contributed by atoms with Gasteiger partial charge in [-0.05, 0) is 13.0 Å². The summed E-state index contributed by atoms with van der Waals surface area (Å²) < 4.78 is 22.0. The maximum atomic E-state index is 11.9. The summed E-state index contributed by atoms with van der Waals surface area (Å²) in [6.07, 6.45) is 0. The monoisotopic (exact) mass is 322 g/mol. The van der Waals surface area contributed by atoms with Crippen LogP contribution in [-0.4, -0.2) is 28.1 Å². The summed E-state index contributed by atoms with van der Waals surface area (Å²) in [6, 6.07) is 9.14. The van der Waals surface area contributed by atoms with Crippen molar-refractivity contribution in [3.05, 3.63) is 47.3 Å². The molecule has 0 saturated carbocycles. The number of benzene rings is 1. The van der Waals surface area contributed by atoms with Crippen molar-refractivity contribution in [1.29, 1.82) is 0 Å². The number of hydrogen-bond donors (Lipinski definition) is 1.